The average Bonchev–Trinajstić information content (AvgIpc) is 2.84. The molecule has 0 amide bonds. The van der Waals surface area contributed by atoms with Gasteiger partial charge in [-0.2, -0.15) is 0 Å². The summed E-state index contributed by atoms with van der Waals surface area (Å²) in [7, 11) is 4.43. The molecule has 0 aromatic heterocycles. The minimum absolute atomic E-state index is 0.148. The Balaban J connectivity index is 0.00000103. The zero-order chi connectivity index (χ0) is 23.6. The van der Waals surface area contributed by atoms with Crippen LogP contribution in [0.5, 0.6) is 0 Å². The molecule has 0 spiro atoms. The van der Waals surface area contributed by atoms with Crippen LogP contribution in [0.15, 0.2) is 54.6 Å². The number of hydrogen-bond acceptors (Lipinski definition) is 0. The molecule has 35 heavy (non-hydrogen) atoms. The van der Waals surface area contributed by atoms with Gasteiger partial charge in [0, 0.05) is 0 Å². The summed E-state index contributed by atoms with van der Waals surface area (Å²) < 4.78 is 0. The minimum Gasteiger partial charge on any atom is -0.0622 e. The van der Waals surface area contributed by atoms with Crippen LogP contribution < -0.4 is 5.30 Å². The molecule has 0 aliphatic heterocycles. The van der Waals surface area contributed by atoms with Crippen LogP contribution in [-0.2, 0) is 20.0 Å². The van der Waals surface area contributed by atoms with E-state index < -0.39 is 0 Å². The molecule has 0 atom stereocenters. The molecule has 8 fully saturated rings. The van der Waals surface area contributed by atoms with Crippen molar-refractivity contribution in [1.29, 1.82) is 0 Å². The van der Waals surface area contributed by atoms with E-state index in [-0.39, 0.29) is 7.92 Å². The van der Waals surface area contributed by atoms with Crippen molar-refractivity contribution < 1.29 is 20.0 Å². The van der Waals surface area contributed by atoms with E-state index in [4.69, 9.17) is 0 Å². The Morgan fingerprint density at radius 1 is 0.543 bits per heavy atom. The van der Waals surface area contributed by atoms with Gasteiger partial charge >= 0.3 is 29.2 Å². The van der Waals surface area contributed by atoms with Gasteiger partial charge in [-0.05, 0) is 139 Å². The molecule has 0 heterocycles. The summed E-state index contributed by atoms with van der Waals surface area (Å²) >= 11 is 1.75. The van der Waals surface area contributed by atoms with Gasteiger partial charge in [-0.3, -0.25) is 0 Å². The second kappa shape index (κ2) is 9.27. The summed E-state index contributed by atoms with van der Waals surface area (Å²) in [4.78, 5) is 0. The van der Waals surface area contributed by atoms with E-state index >= 15 is 0 Å². The van der Waals surface area contributed by atoms with Crippen molar-refractivity contribution in [3.05, 3.63) is 54.6 Å². The van der Waals surface area contributed by atoms with Crippen LogP contribution in [-0.4, -0.2) is 10.3 Å². The fraction of sp³-hybridized carbons (Fsp3) is 0.625. The molecule has 8 aliphatic carbocycles. The van der Waals surface area contributed by atoms with Crippen molar-refractivity contribution in [3.63, 3.8) is 0 Å². The molecule has 190 valence electrons. The summed E-state index contributed by atoms with van der Waals surface area (Å²) in [6.45, 7) is 0. The number of benzene rings is 2. The second-order valence-corrected chi connectivity index (χ2v) is 16.6. The molecular formula is C32H39AuClP. The van der Waals surface area contributed by atoms with Gasteiger partial charge < -0.3 is 0 Å². The van der Waals surface area contributed by atoms with E-state index in [1.165, 1.54) is 5.56 Å². The Kier molecular flexibility index (Phi) is 6.35. The van der Waals surface area contributed by atoms with Crippen molar-refractivity contribution in [2.75, 3.05) is 0 Å². The molecule has 8 aliphatic rings. The van der Waals surface area contributed by atoms with Gasteiger partial charge in [-0.25, -0.2) is 0 Å². The monoisotopic (exact) mass is 686 g/mol. The van der Waals surface area contributed by atoms with Gasteiger partial charge in [0.15, 0.2) is 0 Å². The van der Waals surface area contributed by atoms with E-state index in [0.717, 1.165) is 35.5 Å². The Labute approximate surface area is 229 Å². The quantitative estimate of drug-likeness (QED) is 0.223. The zero-order valence-corrected chi connectivity index (χ0v) is 24.6. The van der Waals surface area contributed by atoms with Crippen molar-refractivity contribution in [2.24, 2.45) is 35.5 Å². The minimum atomic E-state index is -0.148. The van der Waals surface area contributed by atoms with E-state index in [1.807, 2.05) is 5.30 Å². The van der Waals surface area contributed by atoms with E-state index in [2.05, 4.69) is 63.8 Å². The summed E-state index contributed by atoms with van der Waals surface area (Å²) in [6.07, 6.45) is 18.9. The Morgan fingerprint density at radius 2 is 0.914 bits per heavy atom. The molecular weight excluding hydrogens is 648 g/mol. The Bertz CT molecular complexity index is 950. The smallest absolute Gasteiger partial charge is 0.00412 e. The molecule has 2 aromatic carbocycles. The molecule has 3 heteroatoms. The SMILES string of the molecule is [Cl][Au].c1ccc(-c2ccccc2P(C23CC4CC(CC(C4)C2)C3)C23CC4CC(CC(C4)C2)C3)cc1. The third-order valence-corrected chi connectivity index (χ3v) is 15.1. The molecule has 10 rings (SSSR count). The van der Waals surface area contributed by atoms with Gasteiger partial charge in [-0.15, -0.1) is 0 Å². The topological polar surface area (TPSA) is 0 Å². The first-order chi connectivity index (χ1) is 17.2. The first-order valence-electron chi connectivity index (χ1n) is 14.2. The molecule has 0 saturated heterocycles. The molecule has 0 nitrogen and oxygen atoms in total. The fourth-order valence-corrected chi connectivity index (χ4v) is 16.6. The maximum atomic E-state index is 4.58. The number of rotatable bonds is 4. The van der Waals surface area contributed by atoms with Crippen LogP contribution in [0.3, 0.4) is 0 Å². The standard InChI is InChI=1S/C32H39P.Au.ClH/c1-2-6-28(7-3-1)29-8-4-5-9-30(29)33(31-16-22-10-23(17-31)12-24(11-22)18-31)32-19-25-13-26(20-32)15-27(14-25)21-32;;/h1-9,22-27H,10-21H2;;1H/q;+1;/p-1. The van der Waals surface area contributed by atoms with Crippen molar-refractivity contribution in [3.8, 4) is 11.1 Å². The maximum Gasteiger partial charge on any atom is -0.00412 e. The Hall–Kier alpha value is -0.0997. The zero-order valence-electron chi connectivity index (χ0n) is 20.8. The van der Waals surface area contributed by atoms with Crippen molar-refractivity contribution >= 4 is 22.4 Å². The molecule has 8 bridgehead atoms. The predicted octanol–water partition coefficient (Wildman–Crippen LogP) is 9.09. The predicted molar refractivity (Wildman–Crippen MR) is 146 cm³/mol. The first kappa shape index (κ1) is 24.0. The average molecular weight is 687 g/mol. The summed E-state index contributed by atoms with van der Waals surface area (Å²) in [6, 6.07) is 21.3. The normalized spacial score (nSPS) is 43.1. The molecule has 0 unspecified atom stereocenters. The third-order valence-electron chi connectivity index (χ3n) is 11.2. The molecule has 0 radical (unpaired) electrons. The largest absolute Gasteiger partial charge is 0.0622 e. The van der Waals surface area contributed by atoms with Crippen LogP contribution in [0.2, 0.25) is 0 Å². The van der Waals surface area contributed by atoms with Crippen LogP contribution in [0.4, 0.5) is 0 Å². The van der Waals surface area contributed by atoms with Crippen molar-refractivity contribution in [2.45, 2.75) is 87.4 Å². The summed E-state index contributed by atoms with van der Waals surface area (Å²) in [5, 5.41) is 3.13. The van der Waals surface area contributed by atoms with Gasteiger partial charge in [-0.1, -0.05) is 62.5 Å². The van der Waals surface area contributed by atoms with Gasteiger partial charge in [0.25, 0.3) is 0 Å². The van der Waals surface area contributed by atoms with Gasteiger partial charge in [0.2, 0.25) is 0 Å². The Morgan fingerprint density at radius 3 is 1.34 bits per heavy atom. The van der Waals surface area contributed by atoms with Crippen LogP contribution in [0, 0.1) is 35.5 Å². The third kappa shape index (κ3) is 4.00. The van der Waals surface area contributed by atoms with Crippen molar-refractivity contribution in [1.82, 2.24) is 0 Å². The molecule has 0 N–H and O–H groups in total. The first-order valence-corrected chi connectivity index (χ1v) is 18.3. The van der Waals surface area contributed by atoms with E-state index in [9.17, 15) is 0 Å². The summed E-state index contributed by atoms with van der Waals surface area (Å²) in [5.41, 5.74) is 3.06. The number of hydrogen-bond donors (Lipinski definition) is 0. The number of halogens is 1. The van der Waals surface area contributed by atoms with E-state index in [1.54, 1.807) is 103 Å². The van der Waals surface area contributed by atoms with Crippen LogP contribution in [0.1, 0.15) is 77.0 Å². The van der Waals surface area contributed by atoms with Gasteiger partial charge in [0.1, 0.15) is 0 Å². The molecule has 8 saturated carbocycles. The second-order valence-electron chi connectivity index (χ2n) is 13.5. The van der Waals surface area contributed by atoms with Crippen LogP contribution in [0.25, 0.3) is 11.1 Å². The van der Waals surface area contributed by atoms with E-state index in [0.29, 0.717) is 10.3 Å². The molecule has 2 aromatic rings. The fourth-order valence-electron chi connectivity index (χ4n) is 11.2. The van der Waals surface area contributed by atoms with Gasteiger partial charge in [0.05, 0.1) is 0 Å². The maximum absolute atomic E-state index is 4.58. The summed E-state index contributed by atoms with van der Waals surface area (Å²) in [5.74, 6) is 6.33. The van der Waals surface area contributed by atoms with Crippen LogP contribution >= 0.6 is 17.1 Å².